The Morgan fingerprint density at radius 1 is 1.10 bits per heavy atom. The minimum atomic E-state index is -0.231. The Morgan fingerprint density at radius 3 is 2.67 bits per heavy atom. The Morgan fingerprint density at radius 2 is 1.90 bits per heavy atom. The first-order chi connectivity index (χ1) is 10.3. The molecule has 0 aliphatic carbocycles. The van der Waals surface area contributed by atoms with E-state index < -0.39 is 0 Å². The third-order valence-corrected chi connectivity index (χ3v) is 3.59. The van der Waals surface area contributed by atoms with Crippen molar-refractivity contribution in [2.75, 3.05) is 0 Å². The highest BCUT2D eigenvalue weighted by molar-refractivity contribution is 5.79. The van der Waals surface area contributed by atoms with Crippen LogP contribution in [0, 0.1) is 5.82 Å². The van der Waals surface area contributed by atoms with Gasteiger partial charge in [-0.25, -0.2) is 4.39 Å². The van der Waals surface area contributed by atoms with E-state index in [2.05, 4.69) is 10.4 Å². The lowest BCUT2D eigenvalue weighted by Gasteiger charge is -2.17. The summed E-state index contributed by atoms with van der Waals surface area (Å²) in [5, 5.41) is 1.10. The van der Waals surface area contributed by atoms with Gasteiger partial charge in [0.05, 0.1) is 11.6 Å². The molecule has 1 atom stereocenters. The summed E-state index contributed by atoms with van der Waals surface area (Å²) >= 11 is 0. The summed E-state index contributed by atoms with van der Waals surface area (Å²) < 4.78 is 13.0. The molecule has 0 amide bonds. The van der Waals surface area contributed by atoms with Gasteiger partial charge in [-0.15, -0.1) is 0 Å². The van der Waals surface area contributed by atoms with Gasteiger partial charge in [0.15, 0.2) is 0 Å². The van der Waals surface area contributed by atoms with Crippen molar-refractivity contribution >= 4 is 10.9 Å². The summed E-state index contributed by atoms with van der Waals surface area (Å²) in [4.78, 5) is 4.36. The minimum absolute atomic E-state index is 0.0399. The van der Waals surface area contributed by atoms with Gasteiger partial charge in [0.2, 0.25) is 0 Å². The second-order valence-corrected chi connectivity index (χ2v) is 5.01. The number of nitrogens with two attached hydrogens (primary N) is 1. The maximum absolute atomic E-state index is 13.0. The van der Waals surface area contributed by atoms with Crippen LogP contribution in [-0.2, 0) is 6.42 Å². The van der Waals surface area contributed by atoms with Crippen molar-refractivity contribution in [3.8, 4) is 0 Å². The summed E-state index contributed by atoms with van der Waals surface area (Å²) in [6.45, 7) is 0. The Bertz CT molecular complexity index is 740. The van der Waals surface area contributed by atoms with E-state index in [4.69, 9.17) is 5.84 Å². The molecule has 0 aliphatic rings. The van der Waals surface area contributed by atoms with Gasteiger partial charge in [0, 0.05) is 11.6 Å². The largest absolute Gasteiger partial charge is 0.271 e. The monoisotopic (exact) mass is 281 g/mol. The average Bonchev–Trinajstić information content (AvgIpc) is 2.54. The third kappa shape index (κ3) is 3.07. The van der Waals surface area contributed by atoms with Crippen LogP contribution in [0.3, 0.4) is 0 Å². The van der Waals surface area contributed by atoms with Gasteiger partial charge in [0.1, 0.15) is 5.82 Å². The summed E-state index contributed by atoms with van der Waals surface area (Å²) in [5.41, 5.74) is 5.86. The van der Waals surface area contributed by atoms with Crippen LogP contribution < -0.4 is 11.3 Å². The predicted octanol–water partition coefficient (Wildman–Crippen LogP) is 3.12. The molecule has 0 bridgehead atoms. The molecule has 4 heteroatoms. The predicted molar refractivity (Wildman–Crippen MR) is 81.9 cm³/mol. The average molecular weight is 281 g/mol. The molecule has 0 saturated carbocycles. The first kappa shape index (κ1) is 13.7. The van der Waals surface area contributed by atoms with Crippen molar-refractivity contribution in [3.63, 3.8) is 0 Å². The van der Waals surface area contributed by atoms with Crippen molar-refractivity contribution in [1.82, 2.24) is 10.4 Å². The number of aromatic nitrogens is 1. The Kier molecular flexibility index (Phi) is 3.90. The quantitative estimate of drug-likeness (QED) is 0.570. The summed E-state index contributed by atoms with van der Waals surface area (Å²) in [6, 6.07) is 16.5. The van der Waals surface area contributed by atoms with E-state index in [9.17, 15) is 4.39 Å². The van der Waals surface area contributed by atoms with Crippen LogP contribution in [0.1, 0.15) is 17.2 Å². The minimum Gasteiger partial charge on any atom is -0.271 e. The number of halogens is 1. The molecular weight excluding hydrogens is 265 g/mol. The highest BCUT2D eigenvalue weighted by Gasteiger charge is 2.11. The van der Waals surface area contributed by atoms with E-state index >= 15 is 0 Å². The van der Waals surface area contributed by atoms with Gasteiger partial charge in [-0.2, -0.15) is 0 Å². The molecule has 1 unspecified atom stereocenters. The zero-order valence-corrected chi connectivity index (χ0v) is 11.5. The molecular formula is C17H16FN3. The number of benzene rings is 2. The number of hydrogen-bond acceptors (Lipinski definition) is 3. The molecule has 2 aromatic carbocycles. The normalized spacial score (nSPS) is 12.5. The number of hydrogen-bond donors (Lipinski definition) is 2. The van der Waals surface area contributed by atoms with Crippen LogP contribution >= 0.6 is 0 Å². The van der Waals surface area contributed by atoms with Crippen molar-refractivity contribution < 1.29 is 4.39 Å². The molecule has 106 valence electrons. The molecule has 3 rings (SSSR count). The van der Waals surface area contributed by atoms with Gasteiger partial charge in [0.25, 0.3) is 0 Å². The number of hydrazine groups is 1. The second kappa shape index (κ2) is 5.99. The molecule has 21 heavy (non-hydrogen) atoms. The molecule has 3 aromatic rings. The number of fused-ring (bicyclic) bond motifs is 1. The van der Waals surface area contributed by atoms with Crippen LogP contribution in [0.4, 0.5) is 4.39 Å². The molecule has 3 nitrogen and oxygen atoms in total. The molecule has 0 spiro atoms. The summed E-state index contributed by atoms with van der Waals surface area (Å²) in [5.74, 6) is 5.45. The molecule has 1 heterocycles. The fraction of sp³-hybridized carbons (Fsp3) is 0.118. The van der Waals surface area contributed by atoms with E-state index in [-0.39, 0.29) is 11.9 Å². The summed E-state index contributed by atoms with van der Waals surface area (Å²) in [7, 11) is 0. The van der Waals surface area contributed by atoms with Gasteiger partial charge in [-0.1, -0.05) is 30.3 Å². The fourth-order valence-corrected chi connectivity index (χ4v) is 2.43. The topological polar surface area (TPSA) is 50.9 Å². The maximum atomic E-state index is 13.0. The van der Waals surface area contributed by atoms with Crippen LogP contribution in [0.2, 0.25) is 0 Å². The van der Waals surface area contributed by atoms with E-state index in [0.29, 0.717) is 6.42 Å². The number of nitrogens with zero attached hydrogens (tertiary/aromatic N) is 1. The standard InChI is InChI=1S/C17H16FN3/c18-15-7-3-12(4-8-15)10-17(21-19)14-6-5-13-2-1-9-20-16(13)11-14/h1-9,11,17,21H,10,19H2. The van der Waals surface area contributed by atoms with Crippen molar-refractivity contribution in [3.05, 3.63) is 77.7 Å². The highest BCUT2D eigenvalue weighted by atomic mass is 19.1. The van der Waals surface area contributed by atoms with E-state index in [1.807, 2.05) is 30.3 Å². The Labute approximate surface area is 122 Å². The lowest BCUT2D eigenvalue weighted by molar-refractivity contribution is 0.551. The van der Waals surface area contributed by atoms with Crippen molar-refractivity contribution in [2.45, 2.75) is 12.5 Å². The van der Waals surface area contributed by atoms with Crippen LogP contribution in [-0.4, -0.2) is 4.98 Å². The first-order valence-electron chi connectivity index (χ1n) is 6.81. The van der Waals surface area contributed by atoms with E-state index in [0.717, 1.165) is 22.0 Å². The SMILES string of the molecule is NNC(Cc1ccc(F)cc1)c1ccc2cccnc2c1. The van der Waals surface area contributed by atoms with Gasteiger partial charge in [-0.3, -0.25) is 16.3 Å². The fourth-order valence-electron chi connectivity index (χ4n) is 2.43. The lowest BCUT2D eigenvalue weighted by Crippen LogP contribution is -2.29. The van der Waals surface area contributed by atoms with Crippen LogP contribution in [0.5, 0.6) is 0 Å². The maximum Gasteiger partial charge on any atom is 0.123 e. The zero-order chi connectivity index (χ0) is 14.7. The second-order valence-electron chi connectivity index (χ2n) is 5.01. The highest BCUT2D eigenvalue weighted by Crippen LogP contribution is 2.21. The molecule has 0 fully saturated rings. The molecule has 0 radical (unpaired) electrons. The number of rotatable bonds is 4. The van der Waals surface area contributed by atoms with Crippen LogP contribution in [0.15, 0.2) is 60.8 Å². The smallest absolute Gasteiger partial charge is 0.123 e. The van der Waals surface area contributed by atoms with Gasteiger partial charge < -0.3 is 0 Å². The van der Waals surface area contributed by atoms with Gasteiger partial charge in [-0.05, 0) is 41.8 Å². The van der Waals surface area contributed by atoms with E-state index in [1.54, 1.807) is 18.3 Å². The van der Waals surface area contributed by atoms with Crippen molar-refractivity contribution in [1.29, 1.82) is 0 Å². The van der Waals surface area contributed by atoms with Crippen LogP contribution in [0.25, 0.3) is 10.9 Å². The number of nitrogens with one attached hydrogen (secondary N) is 1. The Balaban J connectivity index is 1.88. The molecule has 0 saturated heterocycles. The lowest BCUT2D eigenvalue weighted by atomic mass is 9.98. The van der Waals surface area contributed by atoms with Gasteiger partial charge >= 0.3 is 0 Å². The molecule has 1 aromatic heterocycles. The van der Waals surface area contributed by atoms with Crippen molar-refractivity contribution in [2.24, 2.45) is 5.84 Å². The molecule has 3 N–H and O–H groups in total. The Hall–Kier alpha value is -2.30. The first-order valence-corrected chi connectivity index (χ1v) is 6.81. The third-order valence-electron chi connectivity index (χ3n) is 3.59. The molecule has 0 aliphatic heterocycles. The number of pyridine rings is 1. The van der Waals surface area contributed by atoms with E-state index in [1.165, 1.54) is 12.1 Å². The summed E-state index contributed by atoms with van der Waals surface area (Å²) in [6.07, 6.45) is 2.46. The zero-order valence-electron chi connectivity index (χ0n) is 11.5.